The highest BCUT2D eigenvalue weighted by Gasteiger charge is 2.21. The van der Waals surface area contributed by atoms with Gasteiger partial charge in [-0.05, 0) is 59.5 Å². The van der Waals surface area contributed by atoms with E-state index in [0.717, 1.165) is 42.0 Å². The van der Waals surface area contributed by atoms with Crippen molar-refractivity contribution in [3.05, 3.63) is 83.9 Å². The number of hydrogen-bond donors (Lipinski definition) is 3. The van der Waals surface area contributed by atoms with Gasteiger partial charge >= 0.3 is 0 Å². The Labute approximate surface area is 193 Å². The molecule has 0 atom stereocenters. The molecule has 0 aliphatic heterocycles. The lowest BCUT2D eigenvalue weighted by molar-refractivity contribution is -0.120. The molecule has 6 heteroatoms. The SMILES string of the molecule is O=C(/C=C/c1cccc2ccccc12)NNC(=O)c1ccc(NC(=O)C2CCCCC2)cc1. The first-order chi connectivity index (χ1) is 16.1. The van der Waals surface area contributed by atoms with Crippen LogP contribution >= 0.6 is 0 Å². The predicted molar refractivity (Wildman–Crippen MR) is 130 cm³/mol. The maximum atomic E-state index is 12.4. The summed E-state index contributed by atoms with van der Waals surface area (Å²) in [6, 6.07) is 20.4. The van der Waals surface area contributed by atoms with Crippen molar-refractivity contribution in [1.82, 2.24) is 10.9 Å². The Morgan fingerprint density at radius 2 is 1.52 bits per heavy atom. The Bertz CT molecular complexity index is 1170. The quantitative estimate of drug-likeness (QED) is 0.391. The smallest absolute Gasteiger partial charge is 0.269 e. The zero-order valence-corrected chi connectivity index (χ0v) is 18.3. The number of hydrazine groups is 1. The lowest BCUT2D eigenvalue weighted by atomic mass is 9.88. The van der Waals surface area contributed by atoms with Crippen LogP contribution in [0.25, 0.3) is 16.8 Å². The first kappa shape index (κ1) is 22.3. The molecule has 3 aromatic carbocycles. The highest BCUT2D eigenvalue weighted by atomic mass is 16.2. The molecule has 0 saturated heterocycles. The average Bonchev–Trinajstić information content (AvgIpc) is 2.87. The van der Waals surface area contributed by atoms with Crippen LogP contribution in [0.3, 0.4) is 0 Å². The summed E-state index contributed by atoms with van der Waals surface area (Å²) in [7, 11) is 0. The largest absolute Gasteiger partial charge is 0.326 e. The van der Waals surface area contributed by atoms with Crippen LogP contribution < -0.4 is 16.2 Å². The number of fused-ring (bicyclic) bond motifs is 1. The van der Waals surface area contributed by atoms with Gasteiger partial charge in [-0.25, -0.2) is 0 Å². The number of benzene rings is 3. The molecule has 0 unspecified atom stereocenters. The zero-order valence-electron chi connectivity index (χ0n) is 18.3. The summed E-state index contributed by atoms with van der Waals surface area (Å²) < 4.78 is 0. The first-order valence-corrected chi connectivity index (χ1v) is 11.3. The van der Waals surface area contributed by atoms with Crippen molar-refractivity contribution in [3.63, 3.8) is 0 Å². The van der Waals surface area contributed by atoms with Gasteiger partial charge in [0.05, 0.1) is 0 Å². The molecule has 1 saturated carbocycles. The third-order valence-electron chi connectivity index (χ3n) is 5.93. The number of rotatable bonds is 5. The van der Waals surface area contributed by atoms with Crippen LogP contribution in [0, 0.1) is 5.92 Å². The molecular weight excluding hydrogens is 414 g/mol. The van der Waals surface area contributed by atoms with Crippen molar-refractivity contribution in [2.75, 3.05) is 5.32 Å². The van der Waals surface area contributed by atoms with Crippen molar-refractivity contribution < 1.29 is 14.4 Å². The van der Waals surface area contributed by atoms with Gasteiger partial charge in [-0.2, -0.15) is 0 Å². The summed E-state index contributed by atoms with van der Waals surface area (Å²) in [5, 5.41) is 5.06. The van der Waals surface area contributed by atoms with Crippen molar-refractivity contribution in [3.8, 4) is 0 Å². The van der Waals surface area contributed by atoms with Crippen LogP contribution in [-0.2, 0) is 9.59 Å². The van der Waals surface area contributed by atoms with Gasteiger partial charge in [-0.1, -0.05) is 61.7 Å². The summed E-state index contributed by atoms with van der Waals surface area (Å²) >= 11 is 0. The standard InChI is InChI=1S/C27H27N3O3/c31-25(18-15-20-11-6-10-19-7-4-5-12-24(19)20)29-30-27(33)22-13-16-23(17-14-22)28-26(32)21-8-2-1-3-9-21/h4-7,10-18,21H,1-3,8-9H2,(H,28,32)(H,29,31)(H,30,33)/b18-15+. The Balaban J connectivity index is 1.28. The Kier molecular flexibility index (Phi) is 7.15. The minimum Gasteiger partial charge on any atom is -0.326 e. The fourth-order valence-electron chi connectivity index (χ4n) is 4.11. The topological polar surface area (TPSA) is 87.3 Å². The summed E-state index contributed by atoms with van der Waals surface area (Å²) in [6.45, 7) is 0. The Hall–Kier alpha value is -3.93. The molecule has 6 nitrogen and oxygen atoms in total. The van der Waals surface area contributed by atoms with Crippen molar-refractivity contribution in [1.29, 1.82) is 0 Å². The highest BCUT2D eigenvalue weighted by molar-refractivity contribution is 6.00. The predicted octanol–water partition coefficient (Wildman–Crippen LogP) is 4.83. The van der Waals surface area contributed by atoms with Crippen LogP contribution in [0.2, 0.25) is 0 Å². The summed E-state index contributed by atoms with van der Waals surface area (Å²) in [4.78, 5) is 36.9. The van der Waals surface area contributed by atoms with E-state index < -0.39 is 11.8 Å². The summed E-state index contributed by atoms with van der Waals surface area (Å²) in [5.41, 5.74) is 6.75. The molecule has 0 spiro atoms. The normalized spacial score (nSPS) is 14.2. The second-order valence-electron chi connectivity index (χ2n) is 8.25. The molecule has 1 aliphatic rings. The van der Waals surface area contributed by atoms with E-state index in [2.05, 4.69) is 16.2 Å². The van der Waals surface area contributed by atoms with Gasteiger partial charge in [0.15, 0.2) is 0 Å². The molecule has 0 bridgehead atoms. The molecule has 168 valence electrons. The number of carbonyl (C=O) groups excluding carboxylic acids is 3. The summed E-state index contributed by atoms with van der Waals surface area (Å²) in [5.74, 6) is -0.768. The van der Waals surface area contributed by atoms with Gasteiger partial charge in [0.2, 0.25) is 5.91 Å². The monoisotopic (exact) mass is 441 g/mol. The van der Waals surface area contributed by atoms with Gasteiger partial charge in [0.1, 0.15) is 0 Å². The maximum absolute atomic E-state index is 12.4. The molecule has 1 aliphatic carbocycles. The van der Waals surface area contributed by atoms with Crippen molar-refractivity contribution in [2.45, 2.75) is 32.1 Å². The van der Waals surface area contributed by atoms with E-state index >= 15 is 0 Å². The number of anilines is 1. The van der Waals surface area contributed by atoms with Crippen LogP contribution in [0.5, 0.6) is 0 Å². The van der Waals surface area contributed by atoms with Gasteiger partial charge in [-0.3, -0.25) is 25.2 Å². The number of nitrogens with one attached hydrogen (secondary N) is 3. The van der Waals surface area contributed by atoms with Crippen LogP contribution in [0.15, 0.2) is 72.8 Å². The lowest BCUT2D eigenvalue weighted by Crippen LogP contribution is -2.40. The fraction of sp³-hybridized carbons (Fsp3) is 0.222. The Morgan fingerprint density at radius 3 is 2.30 bits per heavy atom. The third kappa shape index (κ3) is 5.86. The van der Waals surface area contributed by atoms with Crippen LogP contribution in [0.4, 0.5) is 5.69 Å². The van der Waals surface area contributed by atoms with E-state index in [1.54, 1.807) is 30.3 Å². The highest BCUT2D eigenvalue weighted by Crippen LogP contribution is 2.25. The van der Waals surface area contributed by atoms with Gasteiger partial charge in [0, 0.05) is 23.2 Å². The number of hydrogen-bond acceptors (Lipinski definition) is 3. The first-order valence-electron chi connectivity index (χ1n) is 11.3. The third-order valence-corrected chi connectivity index (χ3v) is 5.93. The second-order valence-corrected chi connectivity index (χ2v) is 8.25. The summed E-state index contributed by atoms with van der Waals surface area (Å²) in [6.07, 6.45) is 8.35. The zero-order chi connectivity index (χ0) is 23.0. The number of carbonyl (C=O) groups is 3. The molecule has 0 radical (unpaired) electrons. The molecule has 0 heterocycles. The molecular formula is C27H27N3O3. The van der Waals surface area contributed by atoms with E-state index in [9.17, 15) is 14.4 Å². The lowest BCUT2D eigenvalue weighted by Gasteiger charge is -2.20. The average molecular weight is 442 g/mol. The van der Waals surface area contributed by atoms with Crippen LogP contribution in [-0.4, -0.2) is 17.7 Å². The van der Waals surface area contributed by atoms with Gasteiger partial charge < -0.3 is 5.32 Å². The molecule has 1 fully saturated rings. The van der Waals surface area contributed by atoms with Crippen LogP contribution in [0.1, 0.15) is 48.0 Å². The van der Waals surface area contributed by atoms with E-state index in [-0.39, 0.29) is 11.8 Å². The van der Waals surface area contributed by atoms with E-state index in [1.165, 1.54) is 12.5 Å². The van der Waals surface area contributed by atoms with E-state index in [4.69, 9.17) is 0 Å². The number of amides is 3. The molecule has 3 amide bonds. The van der Waals surface area contributed by atoms with Gasteiger partial charge in [0.25, 0.3) is 11.8 Å². The van der Waals surface area contributed by atoms with Gasteiger partial charge in [-0.15, -0.1) is 0 Å². The molecule has 4 rings (SSSR count). The maximum Gasteiger partial charge on any atom is 0.269 e. The minimum atomic E-state index is -0.438. The fourth-order valence-corrected chi connectivity index (χ4v) is 4.11. The van der Waals surface area contributed by atoms with Crippen molar-refractivity contribution >= 4 is 40.3 Å². The second kappa shape index (κ2) is 10.6. The van der Waals surface area contributed by atoms with E-state index in [0.29, 0.717) is 11.3 Å². The minimum absolute atomic E-state index is 0.0390. The molecule has 3 N–H and O–H groups in total. The Morgan fingerprint density at radius 1 is 0.788 bits per heavy atom. The van der Waals surface area contributed by atoms with Crippen molar-refractivity contribution in [2.24, 2.45) is 5.92 Å². The van der Waals surface area contributed by atoms with E-state index in [1.807, 2.05) is 42.5 Å². The molecule has 33 heavy (non-hydrogen) atoms. The molecule has 3 aromatic rings. The molecule has 0 aromatic heterocycles.